The van der Waals surface area contributed by atoms with Gasteiger partial charge in [0.15, 0.2) is 0 Å². The normalized spacial score (nSPS) is 14.7. The van der Waals surface area contributed by atoms with E-state index in [9.17, 15) is 22.8 Å². The number of pyridine rings is 1. The maximum Gasteiger partial charge on any atom is 0.418 e. The molecule has 0 aliphatic carbocycles. The Balaban J connectivity index is 1.75. The topological polar surface area (TPSA) is 65.5 Å². The highest BCUT2D eigenvalue weighted by atomic mass is 19.4. The number of carbonyl (C=O) groups excluding carboxylic acids is 2. The predicted molar refractivity (Wildman–Crippen MR) is 98.1 cm³/mol. The Hall–Kier alpha value is -3.10. The molecule has 0 unspecified atom stereocenters. The molecule has 1 aliphatic heterocycles. The van der Waals surface area contributed by atoms with Crippen molar-refractivity contribution in [3.05, 3.63) is 53.9 Å². The third kappa shape index (κ3) is 4.41. The maximum atomic E-state index is 13.1. The van der Waals surface area contributed by atoms with Gasteiger partial charge in [0.1, 0.15) is 0 Å². The highest BCUT2D eigenvalue weighted by Crippen LogP contribution is 2.34. The molecule has 3 rings (SSSR count). The lowest BCUT2D eigenvalue weighted by Crippen LogP contribution is -2.48. The summed E-state index contributed by atoms with van der Waals surface area (Å²) in [6, 6.07) is 6.40. The SMILES string of the molecule is CC(=O)N1CCN(c2cncc(C(=O)Nc3ccccc3C(F)(F)F)c2)CC1. The number of alkyl halides is 3. The second-order valence-corrected chi connectivity index (χ2v) is 6.42. The molecular weight excluding hydrogens is 373 g/mol. The standard InChI is InChI=1S/C19H19F3N4O2/c1-13(27)25-6-8-26(9-7-25)15-10-14(11-23-12-15)18(28)24-17-5-3-2-4-16(17)19(20,21)22/h2-5,10-12H,6-9H2,1H3,(H,24,28). The zero-order valence-electron chi connectivity index (χ0n) is 15.2. The van der Waals surface area contributed by atoms with Gasteiger partial charge in [-0.1, -0.05) is 12.1 Å². The summed E-state index contributed by atoms with van der Waals surface area (Å²) in [6.07, 6.45) is -1.68. The molecular formula is C19H19F3N4O2. The Morgan fingerprint density at radius 3 is 2.39 bits per heavy atom. The lowest BCUT2D eigenvalue weighted by molar-refractivity contribution is -0.137. The average Bonchev–Trinajstić information content (AvgIpc) is 2.68. The number of para-hydroxylation sites is 1. The summed E-state index contributed by atoms with van der Waals surface area (Å²) in [6.45, 7) is 3.81. The molecule has 2 aromatic rings. The fourth-order valence-electron chi connectivity index (χ4n) is 3.04. The van der Waals surface area contributed by atoms with Crippen LogP contribution in [0.25, 0.3) is 0 Å². The molecule has 0 radical (unpaired) electrons. The first kappa shape index (κ1) is 19.7. The fraction of sp³-hybridized carbons (Fsp3) is 0.316. The summed E-state index contributed by atoms with van der Waals surface area (Å²) in [4.78, 5) is 31.7. The predicted octanol–water partition coefficient (Wildman–Crippen LogP) is 3.02. The summed E-state index contributed by atoms with van der Waals surface area (Å²) in [5.41, 5.74) is -0.378. The van der Waals surface area contributed by atoms with Crippen LogP contribution in [-0.4, -0.2) is 47.9 Å². The number of hydrogen-bond acceptors (Lipinski definition) is 4. The van der Waals surface area contributed by atoms with Gasteiger partial charge in [-0.05, 0) is 18.2 Å². The van der Waals surface area contributed by atoms with Crippen LogP contribution < -0.4 is 10.2 Å². The molecule has 1 saturated heterocycles. The van der Waals surface area contributed by atoms with E-state index in [2.05, 4.69) is 10.3 Å². The van der Waals surface area contributed by atoms with Crippen molar-refractivity contribution in [3.8, 4) is 0 Å². The molecule has 2 heterocycles. The Bertz CT molecular complexity index is 877. The zero-order chi connectivity index (χ0) is 20.3. The van der Waals surface area contributed by atoms with Crippen LogP contribution in [0.3, 0.4) is 0 Å². The van der Waals surface area contributed by atoms with Crippen LogP contribution in [0.2, 0.25) is 0 Å². The summed E-state index contributed by atoms with van der Waals surface area (Å²) < 4.78 is 39.3. The van der Waals surface area contributed by atoms with Crippen molar-refractivity contribution in [1.82, 2.24) is 9.88 Å². The minimum absolute atomic E-state index is 0.00855. The highest BCUT2D eigenvalue weighted by Gasteiger charge is 2.33. The number of amides is 2. The zero-order valence-corrected chi connectivity index (χ0v) is 15.2. The number of hydrogen-bond donors (Lipinski definition) is 1. The van der Waals surface area contributed by atoms with E-state index < -0.39 is 17.6 Å². The summed E-state index contributed by atoms with van der Waals surface area (Å²) in [5.74, 6) is -0.664. The van der Waals surface area contributed by atoms with Crippen molar-refractivity contribution in [2.75, 3.05) is 36.4 Å². The number of anilines is 2. The number of piperazine rings is 1. The van der Waals surface area contributed by atoms with Gasteiger partial charge in [-0.2, -0.15) is 13.2 Å². The van der Waals surface area contributed by atoms with Crippen molar-refractivity contribution < 1.29 is 22.8 Å². The first-order valence-electron chi connectivity index (χ1n) is 8.69. The van der Waals surface area contributed by atoms with Crippen LogP contribution in [0.15, 0.2) is 42.7 Å². The second kappa shape index (κ2) is 7.87. The molecule has 28 heavy (non-hydrogen) atoms. The maximum absolute atomic E-state index is 13.1. The Morgan fingerprint density at radius 1 is 1.07 bits per heavy atom. The van der Waals surface area contributed by atoms with Gasteiger partial charge in [0.2, 0.25) is 5.91 Å². The molecule has 2 amide bonds. The summed E-state index contributed by atoms with van der Waals surface area (Å²) in [5, 5.41) is 2.32. The van der Waals surface area contributed by atoms with Crippen LogP contribution in [0.5, 0.6) is 0 Å². The van der Waals surface area contributed by atoms with Gasteiger partial charge in [-0.25, -0.2) is 0 Å². The molecule has 1 N–H and O–H groups in total. The van der Waals surface area contributed by atoms with Gasteiger partial charge in [0.25, 0.3) is 5.91 Å². The van der Waals surface area contributed by atoms with E-state index in [1.54, 1.807) is 17.2 Å². The number of nitrogens with one attached hydrogen (secondary N) is 1. The molecule has 6 nitrogen and oxygen atoms in total. The first-order chi connectivity index (χ1) is 13.3. The Labute approximate surface area is 160 Å². The molecule has 1 aliphatic rings. The van der Waals surface area contributed by atoms with E-state index in [1.807, 2.05) is 4.90 Å². The number of halogens is 3. The van der Waals surface area contributed by atoms with E-state index >= 15 is 0 Å². The minimum Gasteiger partial charge on any atom is -0.367 e. The van der Waals surface area contributed by atoms with Crippen molar-refractivity contribution in [2.45, 2.75) is 13.1 Å². The summed E-state index contributed by atoms with van der Waals surface area (Å²) in [7, 11) is 0. The Kier molecular flexibility index (Phi) is 5.53. The highest BCUT2D eigenvalue weighted by molar-refractivity contribution is 6.05. The molecule has 148 valence electrons. The first-order valence-corrected chi connectivity index (χ1v) is 8.69. The quantitative estimate of drug-likeness (QED) is 0.872. The molecule has 9 heteroatoms. The second-order valence-electron chi connectivity index (χ2n) is 6.42. The van der Waals surface area contributed by atoms with E-state index in [-0.39, 0.29) is 17.2 Å². The average molecular weight is 392 g/mol. The van der Waals surface area contributed by atoms with Gasteiger partial charge in [0, 0.05) is 39.3 Å². The van der Waals surface area contributed by atoms with Crippen LogP contribution in [0, 0.1) is 0 Å². The van der Waals surface area contributed by atoms with Gasteiger partial charge < -0.3 is 15.1 Å². The van der Waals surface area contributed by atoms with E-state index in [0.29, 0.717) is 31.9 Å². The number of aromatic nitrogens is 1. The lowest BCUT2D eigenvalue weighted by Gasteiger charge is -2.35. The monoisotopic (exact) mass is 392 g/mol. The van der Waals surface area contributed by atoms with Crippen LogP contribution in [0.4, 0.5) is 24.5 Å². The molecule has 1 aromatic carbocycles. The van der Waals surface area contributed by atoms with Crippen LogP contribution >= 0.6 is 0 Å². The minimum atomic E-state index is -4.57. The molecule has 1 fully saturated rings. The molecule has 1 aromatic heterocycles. The van der Waals surface area contributed by atoms with E-state index in [1.165, 1.54) is 31.3 Å². The molecule has 0 spiro atoms. The van der Waals surface area contributed by atoms with Gasteiger partial charge >= 0.3 is 6.18 Å². The van der Waals surface area contributed by atoms with Gasteiger partial charge in [0.05, 0.1) is 28.7 Å². The smallest absolute Gasteiger partial charge is 0.367 e. The third-order valence-corrected chi connectivity index (χ3v) is 4.56. The van der Waals surface area contributed by atoms with Crippen molar-refractivity contribution >= 4 is 23.2 Å². The third-order valence-electron chi connectivity index (χ3n) is 4.56. The number of rotatable bonds is 3. The van der Waals surface area contributed by atoms with Gasteiger partial charge in [-0.3, -0.25) is 14.6 Å². The van der Waals surface area contributed by atoms with Crippen molar-refractivity contribution in [3.63, 3.8) is 0 Å². The van der Waals surface area contributed by atoms with Crippen molar-refractivity contribution in [1.29, 1.82) is 0 Å². The van der Waals surface area contributed by atoms with E-state index in [0.717, 1.165) is 6.07 Å². The molecule has 0 atom stereocenters. The number of benzene rings is 1. The Morgan fingerprint density at radius 2 is 1.75 bits per heavy atom. The fourth-order valence-corrected chi connectivity index (χ4v) is 3.04. The summed E-state index contributed by atoms with van der Waals surface area (Å²) >= 11 is 0. The van der Waals surface area contributed by atoms with Crippen LogP contribution in [0.1, 0.15) is 22.8 Å². The lowest BCUT2D eigenvalue weighted by atomic mass is 10.1. The largest absolute Gasteiger partial charge is 0.418 e. The number of carbonyl (C=O) groups is 2. The molecule has 0 saturated carbocycles. The number of nitrogens with zero attached hydrogens (tertiary/aromatic N) is 3. The van der Waals surface area contributed by atoms with Crippen molar-refractivity contribution in [2.24, 2.45) is 0 Å². The van der Waals surface area contributed by atoms with Crippen LogP contribution in [-0.2, 0) is 11.0 Å². The van der Waals surface area contributed by atoms with Gasteiger partial charge in [-0.15, -0.1) is 0 Å². The van der Waals surface area contributed by atoms with E-state index in [4.69, 9.17) is 0 Å². The molecule has 0 bridgehead atoms.